The van der Waals surface area contributed by atoms with Gasteiger partial charge in [-0.3, -0.25) is 13.9 Å². The third kappa shape index (κ3) is 4.40. The third-order valence-electron chi connectivity index (χ3n) is 6.07. The van der Waals surface area contributed by atoms with Crippen LogP contribution in [0.2, 0.25) is 0 Å². The molecule has 3 aromatic rings. The van der Waals surface area contributed by atoms with Crippen LogP contribution in [0, 0.1) is 0 Å². The number of pyridine rings is 1. The topological polar surface area (TPSA) is 76.2 Å². The van der Waals surface area contributed by atoms with Gasteiger partial charge in [0, 0.05) is 31.0 Å². The van der Waals surface area contributed by atoms with Gasteiger partial charge in [0.2, 0.25) is 0 Å². The molecule has 0 aliphatic heterocycles. The summed E-state index contributed by atoms with van der Waals surface area (Å²) in [5.41, 5.74) is 1.51. The summed E-state index contributed by atoms with van der Waals surface area (Å²) in [7, 11) is 1.82. The van der Waals surface area contributed by atoms with Crippen LogP contribution in [0.15, 0.2) is 30.6 Å². The van der Waals surface area contributed by atoms with E-state index in [2.05, 4.69) is 27.6 Å². The molecule has 1 aliphatic carbocycles. The number of hydrogen-bond acceptors (Lipinski definition) is 4. The molecule has 1 saturated carbocycles. The molecule has 9 heteroatoms. The molecule has 1 aliphatic rings. The maximum absolute atomic E-state index is 13.1. The third-order valence-corrected chi connectivity index (χ3v) is 6.07. The highest BCUT2D eigenvalue weighted by Gasteiger charge is 2.32. The molecular weight excluding hydrogens is 402 g/mol. The lowest BCUT2D eigenvalue weighted by Gasteiger charge is -2.39. The Morgan fingerprint density at radius 3 is 2.71 bits per heavy atom. The Balaban J connectivity index is 1.41. The quantitative estimate of drug-likeness (QED) is 0.617. The van der Waals surface area contributed by atoms with E-state index in [4.69, 9.17) is 0 Å². The fourth-order valence-corrected chi connectivity index (χ4v) is 4.32. The van der Waals surface area contributed by atoms with Crippen molar-refractivity contribution >= 4 is 17.4 Å². The minimum Gasteiger partial charge on any atom is -0.366 e. The first kappa shape index (κ1) is 21.3. The predicted molar refractivity (Wildman–Crippen MR) is 114 cm³/mol. The van der Waals surface area contributed by atoms with Gasteiger partial charge in [-0.2, -0.15) is 5.10 Å². The van der Waals surface area contributed by atoms with Gasteiger partial charge in [0.25, 0.3) is 12.3 Å². The number of nitrogens with one attached hydrogen (secondary N) is 2. The van der Waals surface area contributed by atoms with Crippen LogP contribution < -0.4 is 10.6 Å². The van der Waals surface area contributed by atoms with Gasteiger partial charge in [0.05, 0.1) is 11.3 Å². The number of fused-ring (bicyclic) bond motifs is 1. The number of carbonyl (C=O) groups excluding carboxylic acids is 1. The maximum Gasteiger partial charge on any atom is 0.281 e. The highest BCUT2D eigenvalue weighted by Crippen LogP contribution is 2.32. The molecule has 4 rings (SSSR count). The number of imidazole rings is 1. The van der Waals surface area contributed by atoms with Crippen LogP contribution in [-0.2, 0) is 13.5 Å². The largest absolute Gasteiger partial charge is 0.366 e. The Morgan fingerprint density at radius 1 is 1.29 bits per heavy atom. The number of carbonyl (C=O) groups is 1. The van der Waals surface area contributed by atoms with Gasteiger partial charge in [0.1, 0.15) is 17.2 Å². The number of amides is 1. The van der Waals surface area contributed by atoms with Crippen LogP contribution in [-0.4, -0.2) is 36.7 Å². The summed E-state index contributed by atoms with van der Waals surface area (Å²) in [6, 6.07) is 5.50. The van der Waals surface area contributed by atoms with E-state index in [0.717, 1.165) is 37.2 Å². The Morgan fingerprint density at radius 2 is 2.03 bits per heavy atom. The zero-order valence-electron chi connectivity index (χ0n) is 18.0. The van der Waals surface area contributed by atoms with Crippen LogP contribution in [0.5, 0.6) is 0 Å². The van der Waals surface area contributed by atoms with E-state index in [0.29, 0.717) is 17.6 Å². The molecule has 0 spiro atoms. The first-order chi connectivity index (χ1) is 14.8. The van der Waals surface area contributed by atoms with Gasteiger partial charge in [0.15, 0.2) is 0 Å². The molecule has 166 valence electrons. The summed E-state index contributed by atoms with van der Waals surface area (Å²) in [6.07, 6.45) is 4.62. The number of aromatic nitrogens is 4. The lowest BCUT2D eigenvalue weighted by Crippen LogP contribution is -2.46. The van der Waals surface area contributed by atoms with Crippen LogP contribution in [0.4, 0.5) is 14.6 Å². The molecule has 0 bridgehead atoms. The van der Waals surface area contributed by atoms with E-state index >= 15 is 0 Å². The van der Waals surface area contributed by atoms with Gasteiger partial charge in [-0.1, -0.05) is 13.0 Å². The van der Waals surface area contributed by atoms with Crippen LogP contribution in [0.25, 0.3) is 5.65 Å². The van der Waals surface area contributed by atoms with Crippen molar-refractivity contribution in [1.29, 1.82) is 0 Å². The van der Waals surface area contributed by atoms with Gasteiger partial charge in [-0.25, -0.2) is 13.8 Å². The molecule has 0 unspecified atom stereocenters. The average Bonchev–Trinajstić information content (AvgIpc) is 3.34. The number of halogens is 2. The molecule has 3 heterocycles. The lowest BCUT2D eigenvalue weighted by molar-refractivity contribution is 0.0920. The summed E-state index contributed by atoms with van der Waals surface area (Å²) >= 11 is 0. The Hall–Kier alpha value is -2.97. The smallest absolute Gasteiger partial charge is 0.281 e. The summed E-state index contributed by atoms with van der Waals surface area (Å²) < 4.78 is 29.5. The van der Waals surface area contributed by atoms with Crippen molar-refractivity contribution in [3.63, 3.8) is 0 Å². The minimum atomic E-state index is -2.60. The second-order valence-electron chi connectivity index (χ2n) is 8.56. The van der Waals surface area contributed by atoms with E-state index in [-0.39, 0.29) is 23.2 Å². The van der Waals surface area contributed by atoms with Gasteiger partial charge < -0.3 is 10.6 Å². The van der Waals surface area contributed by atoms with Crippen molar-refractivity contribution in [1.82, 2.24) is 24.5 Å². The fourth-order valence-electron chi connectivity index (χ4n) is 4.32. The van der Waals surface area contributed by atoms with Crippen molar-refractivity contribution in [2.75, 3.05) is 5.32 Å². The van der Waals surface area contributed by atoms with Crippen LogP contribution >= 0.6 is 0 Å². The van der Waals surface area contributed by atoms with Gasteiger partial charge in [-0.05, 0) is 51.2 Å². The van der Waals surface area contributed by atoms with Crippen LogP contribution in [0.3, 0.4) is 0 Å². The summed E-state index contributed by atoms with van der Waals surface area (Å²) in [4.78, 5) is 16.7. The lowest BCUT2D eigenvalue weighted by atomic mass is 9.80. The number of hydrogen-bond donors (Lipinski definition) is 2. The summed E-state index contributed by atoms with van der Waals surface area (Å²) in [5, 5.41) is 11.0. The van der Waals surface area contributed by atoms with Gasteiger partial charge in [-0.15, -0.1) is 0 Å². The van der Waals surface area contributed by atoms with Crippen molar-refractivity contribution in [3.05, 3.63) is 47.5 Å². The highest BCUT2D eigenvalue weighted by atomic mass is 19.3. The van der Waals surface area contributed by atoms with Gasteiger partial charge >= 0.3 is 0 Å². The molecule has 7 nitrogen and oxygen atoms in total. The summed E-state index contributed by atoms with van der Waals surface area (Å²) in [5.74, 6) is 0.666. The van der Waals surface area contributed by atoms with Crippen LogP contribution in [0.1, 0.15) is 67.7 Å². The fraction of sp³-hybridized carbons (Fsp3) is 0.500. The van der Waals surface area contributed by atoms with E-state index in [1.807, 2.05) is 26.1 Å². The predicted octanol–water partition coefficient (Wildman–Crippen LogP) is 4.11. The minimum absolute atomic E-state index is 0.0748. The molecule has 1 amide bonds. The molecule has 0 atom stereocenters. The molecule has 0 radical (unpaired) electrons. The molecular formula is C22H28F2N6O. The van der Waals surface area contributed by atoms with E-state index < -0.39 is 6.43 Å². The standard InChI is InChI=1S/C22H28F2N6O/c1-4-16-15(12-29(3)28-16)21(31)25-14-8-10-22(2,11-9-14)27-19-7-5-6-18-26-17(20(23)24)13-30(18)19/h5-7,12-14,20,27H,4,8-11H2,1-3H3,(H,25,31). The molecule has 31 heavy (non-hydrogen) atoms. The summed E-state index contributed by atoms with van der Waals surface area (Å²) in [6.45, 7) is 4.12. The first-order valence-electron chi connectivity index (χ1n) is 10.7. The number of anilines is 1. The molecule has 2 N–H and O–H groups in total. The monoisotopic (exact) mass is 430 g/mol. The zero-order valence-corrected chi connectivity index (χ0v) is 18.0. The van der Waals surface area contributed by atoms with Crippen molar-refractivity contribution < 1.29 is 13.6 Å². The van der Waals surface area contributed by atoms with Crippen molar-refractivity contribution in [2.24, 2.45) is 7.05 Å². The van der Waals surface area contributed by atoms with E-state index in [1.165, 1.54) is 6.20 Å². The second kappa shape index (κ2) is 8.28. The van der Waals surface area contributed by atoms with Crippen molar-refractivity contribution in [2.45, 2.75) is 64.0 Å². The molecule has 3 aromatic heterocycles. The number of alkyl halides is 2. The second-order valence-corrected chi connectivity index (χ2v) is 8.56. The Kier molecular flexibility index (Phi) is 5.68. The Labute approximate surface area is 179 Å². The number of aryl methyl sites for hydroxylation is 2. The van der Waals surface area contributed by atoms with E-state index in [1.54, 1.807) is 21.3 Å². The Bertz CT molecular complexity index is 1080. The number of rotatable bonds is 6. The molecule has 0 saturated heterocycles. The van der Waals surface area contributed by atoms with Crippen molar-refractivity contribution in [3.8, 4) is 0 Å². The van der Waals surface area contributed by atoms with E-state index in [9.17, 15) is 13.6 Å². The normalized spacial score (nSPS) is 21.5. The maximum atomic E-state index is 13.1. The number of nitrogens with zero attached hydrogens (tertiary/aromatic N) is 4. The zero-order chi connectivity index (χ0) is 22.2. The molecule has 0 aromatic carbocycles. The SMILES string of the molecule is CCc1nn(C)cc1C(=O)NC1CCC(C)(Nc2cccc3nc(C(F)F)cn23)CC1. The first-order valence-corrected chi connectivity index (χ1v) is 10.7. The highest BCUT2D eigenvalue weighted by molar-refractivity contribution is 5.95. The molecule has 1 fully saturated rings. The average molecular weight is 431 g/mol.